The Kier molecular flexibility index (Phi) is 3.86. The van der Waals surface area contributed by atoms with E-state index in [0.717, 1.165) is 10.4 Å². The van der Waals surface area contributed by atoms with Gasteiger partial charge >= 0.3 is 0 Å². The second-order valence-electron chi connectivity index (χ2n) is 4.76. The number of benzene rings is 1. The van der Waals surface area contributed by atoms with Crippen molar-refractivity contribution in [3.63, 3.8) is 0 Å². The predicted octanol–water partition coefficient (Wildman–Crippen LogP) is 3.35. The zero-order valence-corrected chi connectivity index (χ0v) is 13.2. The summed E-state index contributed by atoms with van der Waals surface area (Å²) < 4.78 is 0. The number of hydrogen-bond acceptors (Lipinski definition) is 3. The van der Waals surface area contributed by atoms with E-state index in [-0.39, 0.29) is 5.91 Å². The third-order valence-corrected chi connectivity index (χ3v) is 4.66. The van der Waals surface area contributed by atoms with Crippen molar-refractivity contribution in [1.29, 1.82) is 0 Å². The summed E-state index contributed by atoms with van der Waals surface area (Å²) in [5.74, 6) is -0.0419. The molecule has 1 saturated heterocycles. The van der Waals surface area contributed by atoms with Crippen LogP contribution in [0.25, 0.3) is 6.08 Å². The molecule has 1 amide bonds. The minimum atomic E-state index is -0.0419. The molecule has 0 radical (unpaired) electrons. The van der Waals surface area contributed by atoms with Gasteiger partial charge in [0.05, 0.1) is 6.54 Å². The zero-order chi connectivity index (χ0) is 14.8. The van der Waals surface area contributed by atoms with Crippen LogP contribution in [0, 0.1) is 0 Å². The van der Waals surface area contributed by atoms with Gasteiger partial charge in [0.15, 0.2) is 5.11 Å². The van der Waals surface area contributed by atoms with Crippen molar-refractivity contribution in [3.8, 4) is 0 Å². The Labute approximate surface area is 133 Å². The number of likely N-dealkylation sites (N-methyl/N-ethyl adjacent to an activating group) is 1. The van der Waals surface area contributed by atoms with Gasteiger partial charge in [0.25, 0.3) is 5.91 Å². The monoisotopic (exact) mass is 314 g/mol. The van der Waals surface area contributed by atoms with Crippen molar-refractivity contribution in [1.82, 2.24) is 9.80 Å². The largest absolute Gasteiger partial charge is 0.317 e. The molecule has 0 unspecified atom stereocenters. The summed E-state index contributed by atoms with van der Waals surface area (Å²) in [4.78, 5) is 17.1. The summed E-state index contributed by atoms with van der Waals surface area (Å²) >= 11 is 7.01. The molecule has 3 rings (SSSR count). The van der Waals surface area contributed by atoms with E-state index >= 15 is 0 Å². The van der Waals surface area contributed by atoms with Crippen LogP contribution in [0.3, 0.4) is 0 Å². The van der Waals surface area contributed by atoms with Crippen LogP contribution in [0.1, 0.15) is 10.4 Å². The van der Waals surface area contributed by atoms with Gasteiger partial charge in [-0.2, -0.15) is 0 Å². The number of carbonyl (C=O) groups is 1. The highest BCUT2D eigenvalue weighted by Crippen LogP contribution is 2.25. The SMILES string of the molecule is CN1C(=S)N(Cc2ccccc2)C(=O)/C1=C/c1cccs1. The van der Waals surface area contributed by atoms with E-state index in [2.05, 4.69) is 0 Å². The molecule has 0 bridgehead atoms. The lowest BCUT2D eigenvalue weighted by Crippen LogP contribution is -2.30. The Morgan fingerprint density at radius 2 is 1.95 bits per heavy atom. The van der Waals surface area contributed by atoms with E-state index in [1.54, 1.807) is 21.1 Å². The predicted molar refractivity (Wildman–Crippen MR) is 89.6 cm³/mol. The fraction of sp³-hybridized carbons (Fsp3) is 0.125. The third kappa shape index (κ3) is 2.75. The van der Waals surface area contributed by atoms with Crippen LogP contribution in [0.4, 0.5) is 0 Å². The first-order valence-electron chi connectivity index (χ1n) is 6.55. The molecule has 1 aromatic carbocycles. The van der Waals surface area contributed by atoms with Crippen molar-refractivity contribution in [2.24, 2.45) is 0 Å². The zero-order valence-electron chi connectivity index (χ0n) is 11.5. The lowest BCUT2D eigenvalue weighted by atomic mass is 10.2. The number of rotatable bonds is 3. The smallest absolute Gasteiger partial charge is 0.277 e. The van der Waals surface area contributed by atoms with Gasteiger partial charge < -0.3 is 4.90 Å². The van der Waals surface area contributed by atoms with Crippen LogP contribution in [-0.4, -0.2) is 27.9 Å². The summed E-state index contributed by atoms with van der Waals surface area (Å²) in [6.07, 6.45) is 1.89. The van der Waals surface area contributed by atoms with Crippen LogP contribution in [0.15, 0.2) is 53.5 Å². The molecule has 2 aromatic rings. The number of thiocarbonyl (C=S) groups is 1. The van der Waals surface area contributed by atoms with E-state index in [1.807, 2.05) is 61.0 Å². The summed E-state index contributed by atoms with van der Waals surface area (Å²) in [6.45, 7) is 0.505. The Morgan fingerprint density at radius 1 is 1.19 bits per heavy atom. The quantitative estimate of drug-likeness (QED) is 0.641. The molecular weight excluding hydrogens is 300 g/mol. The Balaban J connectivity index is 1.87. The van der Waals surface area contributed by atoms with E-state index in [0.29, 0.717) is 17.4 Å². The van der Waals surface area contributed by atoms with Crippen LogP contribution in [-0.2, 0) is 11.3 Å². The molecule has 3 nitrogen and oxygen atoms in total. The Hall–Kier alpha value is -1.98. The van der Waals surface area contributed by atoms with E-state index < -0.39 is 0 Å². The average molecular weight is 314 g/mol. The van der Waals surface area contributed by atoms with Crippen LogP contribution in [0.5, 0.6) is 0 Å². The van der Waals surface area contributed by atoms with Gasteiger partial charge in [-0.15, -0.1) is 11.3 Å². The first-order chi connectivity index (χ1) is 10.2. The summed E-state index contributed by atoms with van der Waals surface area (Å²) in [5.41, 5.74) is 1.69. The molecule has 1 aliphatic rings. The number of thiophene rings is 1. The van der Waals surface area contributed by atoms with Crippen LogP contribution in [0.2, 0.25) is 0 Å². The van der Waals surface area contributed by atoms with Crippen molar-refractivity contribution < 1.29 is 4.79 Å². The van der Waals surface area contributed by atoms with Gasteiger partial charge in [-0.3, -0.25) is 9.69 Å². The maximum absolute atomic E-state index is 12.6. The van der Waals surface area contributed by atoms with Crippen molar-refractivity contribution in [3.05, 3.63) is 64.0 Å². The number of hydrogen-bond donors (Lipinski definition) is 0. The van der Waals surface area contributed by atoms with E-state index in [4.69, 9.17) is 12.2 Å². The third-order valence-electron chi connectivity index (χ3n) is 3.35. The Bertz CT molecular complexity index is 692. The topological polar surface area (TPSA) is 23.6 Å². The van der Waals surface area contributed by atoms with Gasteiger partial charge in [-0.05, 0) is 35.3 Å². The van der Waals surface area contributed by atoms with Crippen molar-refractivity contribution >= 4 is 40.7 Å². The minimum Gasteiger partial charge on any atom is -0.317 e. The molecule has 0 N–H and O–H groups in total. The fourth-order valence-electron chi connectivity index (χ4n) is 2.22. The summed E-state index contributed by atoms with van der Waals surface area (Å²) in [6, 6.07) is 13.8. The highest BCUT2D eigenvalue weighted by Gasteiger charge is 2.35. The lowest BCUT2D eigenvalue weighted by molar-refractivity contribution is -0.122. The first-order valence-corrected chi connectivity index (χ1v) is 7.84. The summed E-state index contributed by atoms with van der Waals surface area (Å²) in [7, 11) is 1.84. The fourth-order valence-corrected chi connectivity index (χ4v) is 3.12. The van der Waals surface area contributed by atoms with Crippen molar-refractivity contribution in [2.75, 3.05) is 7.05 Å². The van der Waals surface area contributed by atoms with Gasteiger partial charge in [0.2, 0.25) is 0 Å². The Morgan fingerprint density at radius 3 is 2.62 bits per heavy atom. The normalized spacial score (nSPS) is 17.1. The number of carbonyl (C=O) groups excluding carboxylic acids is 1. The lowest BCUT2D eigenvalue weighted by Gasteiger charge is -2.16. The molecule has 0 atom stereocenters. The van der Waals surface area contributed by atoms with Gasteiger partial charge in [-0.25, -0.2) is 0 Å². The molecule has 1 aliphatic heterocycles. The maximum atomic E-state index is 12.6. The second kappa shape index (κ2) is 5.79. The minimum absolute atomic E-state index is 0.0419. The van der Waals surface area contributed by atoms with Gasteiger partial charge in [0, 0.05) is 11.9 Å². The molecule has 5 heteroatoms. The molecule has 21 heavy (non-hydrogen) atoms. The molecular formula is C16H14N2OS2. The molecule has 1 aromatic heterocycles. The second-order valence-corrected chi connectivity index (χ2v) is 6.11. The molecule has 106 valence electrons. The van der Waals surface area contributed by atoms with Gasteiger partial charge in [-0.1, -0.05) is 36.4 Å². The highest BCUT2D eigenvalue weighted by molar-refractivity contribution is 7.80. The van der Waals surface area contributed by atoms with Crippen molar-refractivity contribution in [2.45, 2.75) is 6.54 Å². The average Bonchev–Trinajstić information content (AvgIpc) is 3.08. The molecule has 0 saturated carbocycles. The molecule has 0 spiro atoms. The molecule has 0 aliphatic carbocycles. The van der Waals surface area contributed by atoms with E-state index in [9.17, 15) is 4.79 Å². The number of amides is 1. The highest BCUT2D eigenvalue weighted by atomic mass is 32.1. The first kappa shape index (κ1) is 14.0. The van der Waals surface area contributed by atoms with E-state index in [1.165, 1.54) is 0 Å². The molecule has 2 heterocycles. The maximum Gasteiger partial charge on any atom is 0.277 e. The summed E-state index contributed by atoms with van der Waals surface area (Å²) in [5, 5.41) is 2.54. The number of nitrogens with zero attached hydrogens (tertiary/aromatic N) is 2. The molecule has 1 fully saturated rings. The van der Waals surface area contributed by atoms with Crippen LogP contribution < -0.4 is 0 Å². The van der Waals surface area contributed by atoms with Gasteiger partial charge in [0.1, 0.15) is 5.70 Å². The standard InChI is InChI=1S/C16H14N2OS2/c1-17-14(10-13-8-5-9-21-13)15(19)18(16(17)20)11-12-6-3-2-4-7-12/h2-10H,11H2,1H3/b14-10-. The van der Waals surface area contributed by atoms with Crippen LogP contribution >= 0.6 is 23.6 Å².